The number of nitro benzene ring substituents is 1. The van der Waals surface area contributed by atoms with Gasteiger partial charge in [-0.1, -0.05) is 6.07 Å². The molecule has 24 heavy (non-hydrogen) atoms. The van der Waals surface area contributed by atoms with E-state index in [1.165, 1.54) is 0 Å². The Labute approximate surface area is 149 Å². The van der Waals surface area contributed by atoms with E-state index in [0.29, 0.717) is 36.1 Å². The fraction of sp³-hybridized carbons (Fsp3) is 0.562. The number of carbonyl (C=O) groups is 1. The zero-order chi connectivity index (χ0) is 17.9. The number of rotatable bonds is 3. The molecular weight excluding hydrogens is 378 g/mol. The lowest BCUT2D eigenvalue weighted by molar-refractivity contribution is -0.384. The maximum Gasteiger partial charge on any atom is 0.410 e. The highest BCUT2D eigenvalue weighted by atomic mass is 79.9. The lowest BCUT2D eigenvalue weighted by atomic mass is 10.0. The van der Waals surface area contributed by atoms with Crippen molar-refractivity contribution in [2.45, 2.75) is 45.3 Å². The molecule has 7 nitrogen and oxygen atoms in total. The van der Waals surface area contributed by atoms with Gasteiger partial charge in [-0.15, -0.1) is 0 Å². The number of benzene rings is 1. The van der Waals surface area contributed by atoms with E-state index in [-0.39, 0.29) is 17.8 Å². The third-order valence-corrected chi connectivity index (χ3v) is 4.32. The van der Waals surface area contributed by atoms with E-state index >= 15 is 0 Å². The van der Waals surface area contributed by atoms with E-state index in [4.69, 9.17) is 4.74 Å². The molecule has 0 unspecified atom stereocenters. The highest BCUT2D eigenvalue weighted by Gasteiger charge is 2.28. The van der Waals surface area contributed by atoms with Crippen LogP contribution in [0, 0.1) is 10.1 Å². The van der Waals surface area contributed by atoms with Gasteiger partial charge in [0.15, 0.2) is 0 Å². The van der Waals surface area contributed by atoms with Crippen LogP contribution in [0.1, 0.15) is 33.6 Å². The molecule has 132 valence electrons. The van der Waals surface area contributed by atoms with Crippen molar-refractivity contribution in [2.75, 3.05) is 18.4 Å². The summed E-state index contributed by atoms with van der Waals surface area (Å²) >= 11 is 3.22. The summed E-state index contributed by atoms with van der Waals surface area (Å²) in [6, 6.07) is 5.18. The molecule has 1 aromatic rings. The SMILES string of the molecule is CC(C)(C)OC(=O)N1CCC(Nc2cccc(Br)c2[N+](=O)[O-])CC1. The van der Waals surface area contributed by atoms with E-state index < -0.39 is 10.5 Å². The minimum atomic E-state index is -0.511. The van der Waals surface area contributed by atoms with Crippen molar-refractivity contribution in [2.24, 2.45) is 0 Å². The molecule has 0 saturated carbocycles. The molecule has 0 spiro atoms. The Balaban J connectivity index is 1.96. The molecule has 1 amide bonds. The molecule has 1 fully saturated rings. The third kappa shape index (κ3) is 4.83. The number of nitrogens with one attached hydrogen (secondary N) is 1. The predicted octanol–water partition coefficient (Wildman–Crippen LogP) is 4.17. The van der Waals surface area contributed by atoms with Gasteiger partial charge in [0, 0.05) is 19.1 Å². The molecule has 0 aliphatic carbocycles. The Morgan fingerprint density at radius 3 is 2.54 bits per heavy atom. The highest BCUT2D eigenvalue weighted by Crippen LogP contribution is 2.33. The number of anilines is 1. The molecule has 1 aromatic carbocycles. The van der Waals surface area contributed by atoms with Gasteiger partial charge in [-0.3, -0.25) is 10.1 Å². The van der Waals surface area contributed by atoms with Gasteiger partial charge in [-0.25, -0.2) is 4.79 Å². The molecule has 0 bridgehead atoms. The Morgan fingerprint density at radius 2 is 2.00 bits per heavy atom. The maximum atomic E-state index is 12.1. The number of hydrogen-bond acceptors (Lipinski definition) is 5. The summed E-state index contributed by atoms with van der Waals surface area (Å²) in [6.45, 7) is 6.64. The number of para-hydroxylation sites is 1. The Bertz CT molecular complexity index is 622. The average molecular weight is 400 g/mol. The first-order chi connectivity index (χ1) is 11.2. The van der Waals surface area contributed by atoms with Crippen LogP contribution in [0.5, 0.6) is 0 Å². The normalized spacial score (nSPS) is 15.9. The van der Waals surface area contributed by atoms with Crippen molar-refractivity contribution in [3.8, 4) is 0 Å². The topological polar surface area (TPSA) is 84.7 Å². The van der Waals surface area contributed by atoms with Gasteiger partial charge in [0.2, 0.25) is 0 Å². The average Bonchev–Trinajstić information content (AvgIpc) is 2.45. The molecular formula is C16H22BrN3O4. The van der Waals surface area contributed by atoms with E-state index in [9.17, 15) is 14.9 Å². The lowest BCUT2D eigenvalue weighted by Crippen LogP contribution is -2.44. The zero-order valence-electron chi connectivity index (χ0n) is 14.0. The van der Waals surface area contributed by atoms with Crippen LogP contribution in [0.2, 0.25) is 0 Å². The second kappa shape index (κ2) is 7.38. The summed E-state index contributed by atoms with van der Waals surface area (Å²) in [7, 11) is 0. The largest absolute Gasteiger partial charge is 0.444 e. The Morgan fingerprint density at radius 1 is 1.38 bits per heavy atom. The summed E-state index contributed by atoms with van der Waals surface area (Å²) in [5, 5.41) is 14.5. The van der Waals surface area contributed by atoms with Crippen LogP contribution in [-0.4, -0.2) is 40.6 Å². The number of amides is 1. The fourth-order valence-electron chi connectivity index (χ4n) is 2.57. The van der Waals surface area contributed by atoms with Crippen molar-refractivity contribution in [3.63, 3.8) is 0 Å². The van der Waals surface area contributed by atoms with Crippen molar-refractivity contribution in [1.82, 2.24) is 4.90 Å². The van der Waals surface area contributed by atoms with E-state index in [2.05, 4.69) is 21.2 Å². The summed E-state index contributed by atoms with van der Waals surface area (Å²) in [6.07, 6.45) is 1.11. The van der Waals surface area contributed by atoms with Crippen molar-refractivity contribution in [3.05, 3.63) is 32.8 Å². The van der Waals surface area contributed by atoms with E-state index in [1.807, 2.05) is 20.8 Å². The van der Waals surface area contributed by atoms with Gasteiger partial charge in [-0.2, -0.15) is 0 Å². The monoisotopic (exact) mass is 399 g/mol. The third-order valence-electron chi connectivity index (χ3n) is 3.68. The molecule has 0 radical (unpaired) electrons. The fourth-order valence-corrected chi connectivity index (χ4v) is 3.08. The predicted molar refractivity (Wildman–Crippen MR) is 95.2 cm³/mol. The van der Waals surface area contributed by atoms with Gasteiger partial charge in [0.1, 0.15) is 11.3 Å². The van der Waals surface area contributed by atoms with Crippen molar-refractivity contribution >= 4 is 33.4 Å². The number of ether oxygens (including phenoxy) is 1. The van der Waals surface area contributed by atoms with Crippen LogP contribution in [0.15, 0.2) is 22.7 Å². The van der Waals surface area contributed by atoms with Crippen LogP contribution >= 0.6 is 15.9 Å². The number of nitro groups is 1. The summed E-state index contributed by atoms with van der Waals surface area (Å²) in [4.78, 5) is 24.6. The molecule has 1 N–H and O–H groups in total. The Hall–Kier alpha value is -1.83. The van der Waals surface area contributed by atoms with Gasteiger partial charge < -0.3 is 15.0 Å². The minimum Gasteiger partial charge on any atom is -0.444 e. The van der Waals surface area contributed by atoms with Gasteiger partial charge in [0.05, 0.1) is 9.40 Å². The van der Waals surface area contributed by atoms with Crippen LogP contribution < -0.4 is 5.32 Å². The second-order valence-electron chi connectivity index (χ2n) is 6.78. The number of nitrogens with zero attached hydrogens (tertiary/aromatic N) is 2. The number of carbonyl (C=O) groups excluding carboxylic acids is 1. The van der Waals surface area contributed by atoms with Gasteiger partial charge >= 0.3 is 11.8 Å². The molecule has 1 aliphatic rings. The number of halogens is 1. The van der Waals surface area contributed by atoms with E-state index in [0.717, 1.165) is 0 Å². The number of hydrogen-bond donors (Lipinski definition) is 1. The quantitative estimate of drug-likeness (QED) is 0.608. The van der Waals surface area contributed by atoms with E-state index in [1.54, 1.807) is 23.1 Å². The smallest absolute Gasteiger partial charge is 0.410 e. The van der Waals surface area contributed by atoms with Gasteiger partial charge in [0.25, 0.3) is 0 Å². The van der Waals surface area contributed by atoms with Crippen LogP contribution in [-0.2, 0) is 4.74 Å². The first-order valence-electron chi connectivity index (χ1n) is 7.85. The molecule has 1 aliphatic heterocycles. The van der Waals surface area contributed by atoms with Crippen molar-refractivity contribution < 1.29 is 14.5 Å². The number of likely N-dealkylation sites (tertiary alicyclic amines) is 1. The maximum absolute atomic E-state index is 12.1. The highest BCUT2D eigenvalue weighted by molar-refractivity contribution is 9.10. The molecule has 0 aromatic heterocycles. The standard InChI is InChI=1S/C16H22BrN3O4/c1-16(2,3)24-15(21)19-9-7-11(8-10-19)18-13-6-4-5-12(17)14(13)20(22)23/h4-6,11,18H,7-10H2,1-3H3. The molecule has 0 atom stereocenters. The summed E-state index contributed by atoms with van der Waals surface area (Å²) < 4.78 is 5.82. The summed E-state index contributed by atoms with van der Waals surface area (Å²) in [5.74, 6) is 0. The second-order valence-corrected chi connectivity index (χ2v) is 7.63. The molecule has 2 rings (SSSR count). The number of piperidine rings is 1. The first-order valence-corrected chi connectivity index (χ1v) is 8.64. The zero-order valence-corrected chi connectivity index (χ0v) is 15.6. The van der Waals surface area contributed by atoms with Crippen LogP contribution in [0.4, 0.5) is 16.2 Å². The minimum absolute atomic E-state index is 0.0343. The van der Waals surface area contributed by atoms with Crippen LogP contribution in [0.3, 0.4) is 0 Å². The first kappa shape index (κ1) is 18.5. The van der Waals surface area contributed by atoms with Gasteiger partial charge in [-0.05, 0) is 61.7 Å². The molecule has 8 heteroatoms. The molecule has 1 heterocycles. The lowest BCUT2D eigenvalue weighted by Gasteiger charge is -2.34. The Kier molecular flexibility index (Phi) is 5.69. The van der Waals surface area contributed by atoms with Crippen LogP contribution in [0.25, 0.3) is 0 Å². The molecule has 1 saturated heterocycles. The summed E-state index contributed by atoms with van der Waals surface area (Å²) in [5.41, 5.74) is 0.0143. The van der Waals surface area contributed by atoms with Crippen molar-refractivity contribution in [1.29, 1.82) is 0 Å².